The second-order valence-electron chi connectivity index (χ2n) is 6.58. The number of carbonyl (C=O) groups is 2. The van der Waals surface area contributed by atoms with E-state index in [1.165, 1.54) is 0 Å². The summed E-state index contributed by atoms with van der Waals surface area (Å²) in [7, 11) is 0. The van der Waals surface area contributed by atoms with Crippen molar-refractivity contribution in [2.75, 3.05) is 11.4 Å². The number of carboxylic acids is 1. The maximum atomic E-state index is 13.0. The lowest BCUT2D eigenvalue weighted by Crippen LogP contribution is -2.40. The molecule has 1 amide bonds. The summed E-state index contributed by atoms with van der Waals surface area (Å²) in [4.78, 5) is 25.6. The fraction of sp³-hybridized carbons (Fsp3) is 0.421. The predicted molar refractivity (Wildman–Crippen MR) is 94.8 cm³/mol. The molecule has 0 saturated carbocycles. The Morgan fingerprint density at radius 2 is 2.16 bits per heavy atom. The summed E-state index contributed by atoms with van der Waals surface area (Å²) < 4.78 is 0. The van der Waals surface area contributed by atoms with Crippen molar-refractivity contribution < 1.29 is 14.7 Å². The molecule has 1 aliphatic rings. The summed E-state index contributed by atoms with van der Waals surface area (Å²) >= 11 is 0. The van der Waals surface area contributed by atoms with Gasteiger partial charge >= 0.3 is 5.97 Å². The molecule has 6 nitrogen and oxygen atoms in total. The molecule has 6 heteroatoms. The van der Waals surface area contributed by atoms with E-state index in [1.54, 1.807) is 4.90 Å². The van der Waals surface area contributed by atoms with E-state index in [0.29, 0.717) is 18.7 Å². The van der Waals surface area contributed by atoms with E-state index in [-0.39, 0.29) is 18.2 Å². The fourth-order valence-electron chi connectivity index (χ4n) is 3.40. The average Bonchev–Trinajstić information content (AvgIpc) is 3.07. The van der Waals surface area contributed by atoms with E-state index >= 15 is 0 Å². The molecule has 25 heavy (non-hydrogen) atoms. The smallest absolute Gasteiger partial charge is 0.303 e. The highest BCUT2D eigenvalue weighted by Gasteiger charge is 2.30. The zero-order valence-electron chi connectivity index (χ0n) is 14.4. The number of rotatable bonds is 6. The van der Waals surface area contributed by atoms with Crippen molar-refractivity contribution in [2.24, 2.45) is 5.92 Å². The van der Waals surface area contributed by atoms with Crippen molar-refractivity contribution >= 4 is 17.6 Å². The molecule has 2 N–H and O–H groups in total. The van der Waals surface area contributed by atoms with Gasteiger partial charge in [0.2, 0.25) is 0 Å². The minimum Gasteiger partial charge on any atom is -0.481 e. The Morgan fingerprint density at radius 3 is 2.92 bits per heavy atom. The first-order valence-electron chi connectivity index (χ1n) is 8.74. The van der Waals surface area contributed by atoms with E-state index in [0.717, 1.165) is 36.2 Å². The highest BCUT2D eigenvalue weighted by Crippen LogP contribution is 2.32. The molecule has 1 unspecified atom stereocenters. The van der Waals surface area contributed by atoms with Gasteiger partial charge in [-0.2, -0.15) is 5.10 Å². The van der Waals surface area contributed by atoms with Crippen molar-refractivity contribution in [1.29, 1.82) is 0 Å². The summed E-state index contributed by atoms with van der Waals surface area (Å²) in [5.41, 5.74) is 3.36. The number of fused-ring (bicyclic) bond motifs is 1. The number of H-pyrrole nitrogens is 1. The second kappa shape index (κ2) is 7.51. The zero-order valence-corrected chi connectivity index (χ0v) is 14.4. The number of hydrogen-bond donors (Lipinski definition) is 2. The van der Waals surface area contributed by atoms with Crippen LogP contribution in [0.1, 0.15) is 47.9 Å². The fourth-order valence-corrected chi connectivity index (χ4v) is 3.40. The number of anilines is 1. The zero-order chi connectivity index (χ0) is 17.8. The van der Waals surface area contributed by atoms with E-state index in [1.807, 2.05) is 30.3 Å². The number of aromatic nitrogens is 2. The van der Waals surface area contributed by atoms with E-state index in [9.17, 15) is 9.59 Å². The number of carboxylic acid groups (broad SMARTS) is 1. The quantitative estimate of drug-likeness (QED) is 0.845. The Labute approximate surface area is 146 Å². The highest BCUT2D eigenvalue weighted by atomic mass is 16.4. The van der Waals surface area contributed by atoms with Crippen molar-refractivity contribution in [3.8, 4) is 0 Å². The molecule has 0 aliphatic carbocycles. The molecule has 2 heterocycles. The summed E-state index contributed by atoms with van der Waals surface area (Å²) in [5.74, 6) is -0.789. The highest BCUT2D eigenvalue weighted by molar-refractivity contribution is 6.05. The molecule has 0 spiro atoms. The number of aryl methyl sites for hydroxylation is 1. The first kappa shape index (κ1) is 17.2. The van der Waals surface area contributed by atoms with Crippen LogP contribution in [0.5, 0.6) is 0 Å². The first-order valence-corrected chi connectivity index (χ1v) is 8.74. The van der Waals surface area contributed by atoms with E-state index in [4.69, 9.17) is 5.11 Å². The molecule has 0 fully saturated rings. The Morgan fingerprint density at radius 1 is 1.36 bits per heavy atom. The topological polar surface area (TPSA) is 86.3 Å². The Bertz CT molecular complexity index is 769. The first-order chi connectivity index (χ1) is 12.1. The molecule has 132 valence electrons. The second-order valence-corrected chi connectivity index (χ2v) is 6.58. The van der Waals surface area contributed by atoms with E-state index < -0.39 is 5.97 Å². The third-order valence-corrected chi connectivity index (χ3v) is 4.61. The number of carbonyl (C=O) groups excluding carboxylic acids is 1. The van der Waals surface area contributed by atoms with Crippen LogP contribution in [-0.2, 0) is 17.6 Å². The van der Waals surface area contributed by atoms with Gasteiger partial charge in [0.1, 0.15) is 0 Å². The van der Waals surface area contributed by atoms with Crippen molar-refractivity contribution in [1.82, 2.24) is 10.2 Å². The largest absolute Gasteiger partial charge is 0.481 e. The lowest BCUT2D eigenvalue weighted by atomic mass is 9.89. The van der Waals surface area contributed by atoms with Crippen LogP contribution in [0, 0.1) is 5.92 Å². The van der Waals surface area contributed by atoms with Gasteiger partial charge in [0.15, 0.2) is 5.69 Å². The van der Waals surface area contributed by atoms with Gasteiger partial charge in [-0.15, -0.1) is 0 Å². The number of aromatic amines is 1. The van der Waals surface area contributed by atoms with Crippen LogP contribution in [0.25, 0.3) is 0 Å². The summed E-state index contributed by atoms with van der Waals surface area (Å²) in [5, 5.41) is 16.0. The third kappa shape index (κ3) is 3.90. The van der Waals surface area contributed by atoms with Crippen molar-refractivity contribution in [3.05, 3.63) is 47.3 Å². The lowest BCUT2D eigenvalue weighted by Gasteiger charge is -2.34. The molecule has 3 rings (SSSR count). The van der Waals surface area contributed by atoms with Gasteiger partial charge < -0.3 is 10.0 Å². The van der Waals surface area contributed by atoms with Crippen LogP contribution in [0.4, 0.5) is 5.69 Å². The lowest BCUT2D eigenvalue weighted by molar-refractivity contribution is -0.137. The molecule has 0 bridgehead atoms. The maximum absolute atomic E-state index is 13.0. The average molecular weight is 341 g/mol. The van der Waals surface area contributed by atoms with Gasteiger partial charge in [0.05, 0.1) is 0 Å². The minimum atomic E-state index is -0.798. The predicted octanol–water partition coefficient (Wildman–Crippen LogP) is 3.05. The van der Waals surface area contributed by atoms with Crippen LogP contribution in [0.3, 0.4) is 0 Å². The Hall–Kier alpha value is -2.63. The number of benzene rings is 1. The molecule has 1 aromatic heterocycles. The number of amides is 1. The van der Waals surface area contributed by atoms with Crippen LogP contribution < -0.4 is 4.90 Å². The van der Waals surface area contributed by atoms with Crippen LogP contribution in [0.15, 0.2) is 30.3 Å². The number of nitrogens with zero attached hydrogens (tertiary/aromatic N) is 2. The Balaban J connectivity index is 1.84. The van der Waals surface area contributed by atoms with Crippen molar-refractivity contribution in [2.45, 2.75) is 39.0 Å². The molecule has 2 aromatic rings. The number of para-hydroxylation sites is 1. The number of aliphatic carboxylic acids is 1. The maximum Gasteiger partial charge on any atom is 0.303 e. The van der Waals surface area contributed by atoms with Gasteiger partial charge in [-0.05, 0) is 42.9 Å². The molecule has 1 atom stereocenters. The van der Waals surface area contributed by atoms with Gasteiger partial charge in [0, 0.05) is 24.3 Å². The molecule has 1 aromatic carbocycles. The van der Waals surface area contributed by atoms with Gasteiger partial charge in [0.25, 0.3) is 5.91 Å². The summed E-state index contributed by atoms with van der Waals surface area (Å²) in [6.07, 6.45) is 3.33. The summed E-state index contributed by atoms with van der Waals surface area (Å²) in [6, 6.07) is 9.64. The minimum absolute atomic E-state index is 0.123. The summed E-state index contributed by atoms with van der Waals surface area (Å²) in [6.45, 7) is 2.61. The van der Waals surface area contributed by atoms with Crippen LogP contribution >= 0.6 is 0 Å². The van der Waals surface area contributed by atoms with Gasteiger partial charge in [-0.25, -0.2) is 0 Å². The molecular weight excluding hydrogens is 318 g/mol. The van der Waals surface area contributed by atoms with Crippen molar-refractivity contribution in [3.63, 3.8) is 0 Å². The number of nitrogens with one attached hydrogen (secondary N) is 1. The monoisotopic (exact) mass is 341 g/mol. The normalized spacial score (nSPS) is 16.5. The van der Waals surface area contributed by atoms with Crippen LogP contribution in [-0.4, -0.2) is 33.7 Å². The van der Waals surface area contributed by atoms with Crippen LogP contribution in [0.2, 0.25) is 0 Å². The van der Waals surface area contributed by atoms with Gasteiger partial charge in [-0.1, -0.05) is 31.5 Å². The third-order valence-electron chi connectivity index (χ3n) is 4.61. The molecule has 0 saturated heterocycles. The molecule has 0 radical (unpaired) electrons. The Kier molecular flexibility index (Phi) is 5.16. The van der Waals surface area contributed by atoms with E-state index in [2.05, 4.69) is 17.1 Å². The molecule has 1 aliphatic heterocycles. The number of hydrogen-bond acceptors (Lipinski definition) is 3. The molecular formula is C19H23N3O3. The SMILES string of the molecule is CCCc1cc(C(=O)N2CC(CCC(=O)O)Cc3ccccc32)n[nH]1. The van der Waals surface area contributed by atoms with Gasteiger partial charge in [-0.3, -0.25) is 14.7 Å². The standard InChI is InChI=1S/C19H23N3O3/c1-2-5-15-11-16(21-20-15)19(25)22-12-13(8-9-18(23)24)10-14-6-3-4-7-17(14)22/h3-4,6-7,11,13H,2,5,8-10,12H2,1H3,(H,20,21)(H,23,24).